The number of hydrogen-bond acceptors (Lipinski definition) is 5. The summed E-state index contributed by atoms with van der Waals surface area (Å²) in [5.41, 5.74) is 0. The van der Waals surface area contributed by atoms with Crippen molar-refractivity contribution >= 4 is 0 Å². The molecule has 0 unspecified atom stereocenters. The van der Waals surface area contributed by atoms with E-state index in [9.17, 15) is 0 Å². The fourth-order valence-electron chi connectivity index (χ4n) is 2.17. The molecular formula is C20H20N2O3. The maximum absolute atomic E-state index is 5.86. The van der Waals surface area contributed by atoms with Gasteiger partial charge in [-0.2, -0.15) is 0 Å². The van der Waals surface area contributed by atoms with Crippen molar-refractivity contribution in [2.45, 2.75) is 0 Å². The van der Waals surface area contributed by atoms with Gasteiger partial charge >= 0.3 is 0 Å². The van der Waals surface area contributed by atoms with Crippen LogP contribution in [0.4, 0.5) is 0 Å². The highest BCUT2D eigenvalue weighted by atomic mass is 16.5. The van der Waals surface area contributed by atoms with Crippen LogP contribution >= 0.6 is 0 Å². The van der Waals surface area contributed by atoms with E-state index in [1.807, 2.05) is 54.6 Å². The normalized spacial score (nSPS) is 10.4. The Kier molecular flexibility index (Phi) is 6.22. The summed E-state index contributed by atoms with van der Waals surface area (Å²) in [7, 11) is 0. The molecule has 0 fully saturated rings. The molecule has 2 aromatic heterocycles. The third-order valence-corrected chi connectivity index (χ3v) is 3.50. The van der Waals surface area contributed by atoms with Gasteiger partial charge in [-0.3, -0.25) is 9.97 Å². The molecular weight excluding hydrogens is 316 g/mol. The molecule has 0 saturated carbocycles. The van der Waals surface area contributed by atoms with Crippen LogP contribution in [0.3, 0.4) is 0 Å². The number of ether oxygens (including phenoxy) is 3. The van der Waals surface area contributed by atoms with Crippen molar-refractivity contribution in [2.75, 3.05) is 19.8 Å². The van der Waals surface area contributed by atoms with Crippen LogP contribution in [0.15, 0.2) is 79.4 Å². The van der Waals surface area contributed by atoms with Gasteiger partial charge in [-0.1, -0.05) is 18.2 Å². The number of rotatable bonds is 9. The van der Waals surface area contributed by atoms with E-state index in [2.05, 4.69) is 9.97 Å². The van der Waals surface area contributed by atoms with Crippen molar-refractivity contribution in [1.29, 1.82) is 0 Å². The van der Waals surface area contributed by atoms with E-state index in [-0.39, 0.29) is 5.92 Å². The zero-order valence-electron chi connectivity index (χ0n) is 13.8. The second-order valence-electron chi connectivity index (χ2n) is 5.48. The molecule has 0 aliphatic rings. The maximum Gasteiger partial charge on any atom is 0.122 e. The van der Waals surface area contributed by atoms with E-state index in [0.29, 0.717) is 19.8 Å². The summed E-state index contributed by atoms with van der Waals surface area (Å²) in [4.78, 5) is 7.98. The lowest BCUT2D eigenvalue weighted by Crippen LogP contribution is -2.26. The molecule has 2 heterocycles. The van der Waals surface area contributed by atoms with Gasteiger partial charge in [0.1, 0.15) is 17.2 Å². The Labute approximate surface area is 147 Å². The summed E-state index contributed by atoms with van der Waals surface area (Å²) >= 11 is 0. The van der Waals surface area contributed by atoms with Crippen LogP contribution in [0, 0.1) is 5.92 Å². The molecule has 5 heteroatoms. The average molecular weight is 336 g/mol. The van der Waals surface area contributed by atoms with Crippen molar-refractivity contribution < 1.29 is 14.2 Å². The molecule has 3 aromatic rings. The Morgan fingerprint density at radius 1 is 0.560 bits per heavy atom. The standard InChI is InChI=1S/C20H20N2O3/c1-2-4-18(5-3-1)23-14-17(15-24-19-6-10-21-11-7-19)16-25-20-8-12-22-13-9-20/h1-13,17H,14-16H2. The van der Waals surface area contributed by atoms with Crippen molar-refractivity contribution in [3.63, 3.8) is 0 Å². The molecule has 0 saturated heterocycles. The molecule has 25 heavy (non-hydrogen) atoms. The SMILES string of the molecule is c1ccc(OCC(COc2ccncc2)COc2ccncc2)cc1. The van der Waals surface area contributed by atoms with Gasteiger partial charge in [0.05, 0.1) is 25.7 Å². The van der Waals surface area contributed by atoms with E-state index >= 15 is 0 Å². The molecule has 5 nitrogen and oxygen atoms in total. The first kappa shape index (κ1) is 16.8. The second-order valence-corrected chi connectivity index (χ2v) is 5.48. The van der Waals surface area contributed by atoms with Crippen molar-refractivity contribution in [2.24, 2.45) is 5.92 Å². The summed E-state index contributed by atoms with van der Waals surface area (Å²) in [6.07, 6.45) is 6.83. The maximum atomic E-state index is 5.86. The van der Waals surface area contributed by atoms with E-state index in [1.54, 1.807) is 24.8 Å². The zero-order valence-corrected chi connectivity index (χ0v) is 13.8. The lowest BCUT2D eigenvalue weighted by molar-refractivity contribution is 0.126. The minimum absolute atomic E-state index is 0.0709. The van der Waals surface area contributed by atoms with Crippen molar-refractivity contribution in [3.05, 3.63) is 79.4 Å². The van der Waals surface area contributed by atoms with Crippen LogP contribution in [0.1, 0.15) is 0 Å². The molecule has 1 aromatic carbocycles. The van der Waals surface area contributed by atoms with Gasteiger partial charge in [0.2, 0.25) is 0 Å². The number of pyridine rings is 2. The number of aromatic nitrogens is 2. The molecule has 0 aliphatic carbocycles. The number of benzene rings is 1. The van der Waals surface area contributed by atoms with Gasteiger partial charge in [-0.15, -0.1) is 0 Å². The minimum Gasteiger partial charge on any atom is -0.493 e. The average Bonchev–Trinajstić information content (AvgIpc) is 2.70. The van der Waals surface area contributed by atoms with Crippen LogP contribution in [-0.4, -0.2) is 29.8 Å². The molecule has 0 atom stereocenters. The Balaban J connectivity index is 1.56. The second kappa shape index (κ2) is 9.27. The first-order valence-corrected chi connectivity index (χ1v) is 8.13. The molecule has 0 bridgehead atoms. The third-order valence-electron chi connectivity index (χ3n) is 3.50. The lowest BCUT2D eigenvalue weighted by Gasteiger charge is -2.19. The number of nitrogens with zero attached hydrogens (tertiary/aromatic N) is 2. The van der Waals surface area contributed by atoms with E-state index < -0.39 is 0 Å². The summed E-state index contributed by atoms with van der Waals surface area (Å²) < 4.78 is 17.5. The molecule has 128 valence electrons. The summed E-state index contributed by atoms with van der Waals surface area (Å²) in [5.74, 6) is 2.47. The smallest absolute Gasteiger partial charge is 0.122 e. The van der Waals surface area contributed by atoms with E-state index in [1.165, 1.54) is 0 Å². The van der Waals surface area contributed by atoms with Crippen molar-refractivity contribution in [1.82, 2.24) is 9.97 Å². The van der Waals surface area contributed by atoms with Crippen molar-refractivity contribution in [3.8, 4) is 17.2 Å². The summed E-state index contributed by atoms with van der Waals surface area (Å²) in [6.45, 7) is 1.48. The van der Waals surface area contributed by atoms with Gasteiger partial charge in [0.25, 0.3) is 0 Å². The Morgan fingerprint density at radius 2 is 0.960 bits per heavy atom. The predicted octanol–water partition coefficient (Wildman–Crippen LogP) is 3.63. The first-order valence-electron chi connectivity index (χ1n) is 8.13. The number of hydrogen-bond donors (Lipinski definition) is 0. The molecule has 0 radical (unpaired) electrons. The highest BCUT2D eigenvalue weighted by Crippen LogP contribution is 2.15. The van der Waals surface area contributed by atoms with Crippen LogP contribution in [0.25, 0.3) is 0 Å². The van der Waals surface area contributed by atoms with Crippen LogP contribution in [-0.2, 0) is 0 Å². The molecule has 0 amide bonds. The third kappa shape index (κ3) is 5.80. The van der Waals surface area contributed by atoms with Crippen LogP contribution in [0.2, 0.25) is 0 Å². The fraction of sp³-hybridized carbons (Fsp3) is 0.200. The predicted molar refractivity (Wildman–Crippen MR) is 94.9 cm³/mol. The van der Waals surface area contributed by atoms with Gasteiger partial charge in [-0.25, -0.2) is 0 Å². The topological polar surface area (TPSA) is 53.5 Å². The van der Waals surface area contributed by atoms with Gasteiger partial charge in [0.15, 0.2) is 0 Å². The van der Waals surface area contributed by atoms with E-state index in [0.717, 1.165) is 17.2 Å². The molecule has 3 rings (SSSR count). The largest absolute Gasteiger partial charge is 0.493 e. The number of para-hydroxylation sites is 1. The van der Waals surface area contributed by atoms with Gasteiger partial charge in [0, 0.05) is 24.8 Å². The summed E-state index contributed by atoms with van der Waals surface area (Å²) in [5, 5.41) is 0. The highest BCUT2D eigenvalue weighted by molar-refractivity contribution is 5.21. The molecule has 0 spiro atoms. The Morgan fingerprint density at radius 3 is 1.40 bits per heavy atom. The quantitative estimate of drug-likeness (QED) is 0.597. The molecule has 0 N–H and O–H groups in total. The van der Waals surface area contributed by atoms with Gasteiger partial charge < -0.3 is 14.2 Å². The van der Waals surface area contributed by atoms with Gasteiger partial charge in [-0.05, 0) is 36.4 Å². The zero-order chi connectivity index (χ0) is 17.2. The minimum atomic E-state index is 0.0709. The monoisotopic (exact) mass is 336 g/mol. The first-order chi connectivity index (χ1) is 12.4. The lowest BCUT2D eigenvalue weighted by atomic mass is 10.2. The molecule has 0 aliphatic heterocycles. The highest BCUT2D eigenvalue weighted by Gasteiger charge is 2.13. The van der Waals surface area contributed by atoms with Crippen LogP contribution in [0.5, 0.6) is 17.2 Å². The Hall–Kier alpha value is -3.08. The fourth-order valence-corrected chi connectivity index (χ4v) is 2.17. The summed E-state index contributed by atoms with van der Waals surface area (Å²) in [6, 6.07) is 17.1. The van der Waals surface area contributed by atoms with Crippen LogP contribution < -0.4 is 14.2 Å². The van der Waals surface area contributed by atoms with E-state index in [4.69, 9.17) is 14.2 Å². The Bertz CT molecular complexity index is 620.